The Morgan fingerprint density at radius 1 is 0.900 bits per heavy atom. The number of hydrogen-bond donors (Lipinski definition) is 1. The normalized spacial score (nSPS) is 11.2. The number of para-hydroxylation sites is 1. The van der Waals surface area contributed by atoms with Gasteiger partial charge < -0.3 is 0 Å². The first-order valence-electron chi connectivity index (χ1n) is 8.96. The molecule has 0 unspecified atom stereocenters. The van der Waals surface area contributed by atoms with E-state index in [1.165, 1.54) is 18.2 Å². The van der Waals surface area contributed by atoms with Crippen LogP contribution in [0.15, 0.2) is 77.9 Å². The SMILES string of the molecule is O=C(NN=Cc1c(F)cccc1F)c1cc(-c2ccc(F)cc2)nc2ccccc12. The number of nitrogens with zero attached hydrogens (tertiary/aromatic N) is 2. The third kappa shape index (κ3) is 3.91. The largest absolute Gasteiger partial charge is 0.272 e. The predicted octanol–water partition coefficient (Wildman–Crippen LogP) is 5.08. The molecule has 0 aliphatic carbocycles. The maximum absolute atomic E-state index is 13.7. The minimum Gasteiger partial charge on any atom is -0.267 e. The fraction of sp³-hybridized carbons (Fsp3) is 0. The van der Waals surface area contributed by atoms with Gasteiger partial charge in [0.2, 0.25) is 0 Å². The maximum Gasteiger partial charge on any atom is 0.272 e. The van der Waals surface area contributed by atoms with E-state index in [-0.39, 0.29) is 16.9 Å². The zero-order valence-electron chi connectivity index (χ0n) is 15.4. The van der Waals surface area contributed by atoms with Gasteiger partial charge in [0.1, 0.15) is 17.5 Å². The molecule has 0 fully saturated rings. The molecule has 1 amide bonds. The number of hydrogen-bond acceptors (Lipinski definition) is 3. The first-order valence-corrected chi connectivity index (χ1v) is 8.96. The molecular weight excluding hydrogens is 391 g/mol. The Balaban J connectivity index is 1.69. The summed E-state index contributed by atoms with van der Waals surface area (Å²) in [4.78, 5) is 17.3. The van der Waals surface area contributed by atoms with Crippen LogP contribution in [0, 0.1) is 17.5 Å². The molecular formula is C23H14F3N3O. The van der Waals surface area contributed by atoms with Crippen molar-refractivity contribution in [3.63, 3.8) is 0 Å². The second-order valence-electron chi connectivity index (χ2n) is 6.41. The second kappa shape index (κ2) is 8.16. The molecule has 1 N–H and O–H groups in total. The summed E-state index contributed by atoms with van der Waals surface area (Å²) in [7, 11) is 0. The van der Waals surface area contributed by atoms with Crippen LogP contribution in [0.5, 0.6) is 0 Å². The molecule has 1 heterocycles. The number of nitrogens with one attached hydrogen (secondary N) is 1. The molecule has 0 bridgehead atoms. The summed E-state index contributed by atoms with van der Waals surface area (Å²) in [6.45, 7) is 0. The summed E-state index contributed by atoms with van der Waals surface area (Å²) >= 11 is 0. The average molecular weight is 405 g/mol. The van der Waals surface area contributed by atoms with Gasteiger partial charge in [0, 0.05) is 10.9 Å². The van der Waals surface area contributed by atoms with Crippen molar-refractivity contribution in [2.45, 2.75) is 0 Å². The third-order valence-corrected chi connectivity index (χ3v) is 4.46. The molecule has 7 heteroatoms. The lowest BCUT2D eigenvalue weighted by Gasteiger charge is -2.09. The van der Waals surface area contributed by atoms with Crippen molar-refractivity contribution in [2.24, 2.45) is 5.10 Å². The van der Waals surface area contributed by atoms with Gasteiger partial charge in [0.05, 0.1) is 28.6 Å². The Morgan fingerprint density at radius 3 is 2.33 bits per heavy atom. The summed E-state index contributed by atoms with van der Waals surface area (Å²) in [5.74, 6) is -2.54. The number of fused-ring (bicyclic) bond motifs is 1. The van der Waals surface area contributed by atoms with Crippen molar-refractivity contribution in [3.05, 3.63) is 101 Å². The molecule has 3 aromatic carbocycles. The molecule has 4 rings (SSSR count). The van der Waals surface area contributed by atoms with Gasteiger partial charge in [-0.3, -0.25) is 4.79 Å². The van der Waals surface area contributed by atoms with Crippen molar-refractivity contribution in [1.82, 2.24) is 10.4 Å². The Hall–Kier alpha value is -4.00. The van der Waals surface area contributed by atoms with Gasteiger partial charge in [-0.2, -0.15) is 5.10 Å². The van der Waals surface area contributed by atoms with E-state index in [9.17, 15) is 18.0 Å². The van der Waals surface area contributed by atoms with E-state index in [4.69, 9.17) is 0 Å². The lowest BCUT2D eigenvalue weighted by Crippen LogP contribution is -2.18. The molecule has 4 nitrogen and oxygen atoms in total. The highest BCUT2D eigenvalue weighted by molar-refractivity contribution is 6.07. The highest BCUT2D eigenvalue weighted by Gasteiger charge is 2.14. The minimum absolute atomic E-state index is 0.270. The summed E-state index contributed by atoms with van der Waals surface area (Å²) in [5.41, 5.74) is 3.87. The quantitative estimate of drug-likeness (QED) is 0.380. The number of aromatic nitrogens is 1. The van der Waals surface area contributed by atoms with E-state index >= 15 is 0 Å². The van der Waals surface area contributed by atoms with E-state index in [2.05, 4.69) is 15.5 Å². The second-order valence-corrected chi connectivity index (χ2v) is 6.41. The molecule has 0 aliphatic rings. The van der Waals surface area contributed by atoms with Crippen LogP contribution in [0.4, 0.5) is 13.2 Å². The Bertz CT molecular complexity index is 1250. The number of rotatable bonds is 4. The van der Waals surface area contributed by atoms with Crippen LogP contribution in [-0.2, 0) is 0 Å². The Morgan fingerprint density at radius 2 is 1.60 bits per heavy atom. The smallest absolute Gasteiger partial charge is 0.267 e. The van der Waals surface area contributed by atoms with E-state index in [1.807, 2.05) is 0 Å². The van der Waals surface area contributed by atoms with E-state index in [0.29, 0.717) is 22.2 Å². The highest BCUT2D eigenvalue weighted by atomic mass is 19.1. The van der Waals surface area contributed by atoms with E-state index in [0.717, 1.165) is 18.3 Å². The zero-order chi connectivity index (χ0) is 21.1. The lowest BCUT2D eigenvalue weighted by atomic mass is 10.0. The lowest BCUT2D eigenvalue weighted by molar-refractivity contribution is 0.0956. The molecule has 0 aliphatic heterocycles. The fourth-order valence-electron chi connectivity index (χ4n) is 2.98. The van der Waals surface area contributed by atoms with E-state index in [1.54, 1.807) is 42.5 Å². The fourth-order valence-corrected chi connectivity index (χ4v) is 2.98. The van der Waals surface area contributed by atoms with Gasteiger partial charge in [0.25, 0.3) is 5.91 Å². The van der Waals surface area contributed by atoms with Gasteiger partial charge >= 0.3 is 0 Å². The summed E-state index contributed by atoms with van der Waals surface area (Å²) in [5, 5.41) is 4.26. The number of hydrazone groups is 1. The first-order chi connectivity index (χ1) is 14.5. The zero-order valence-corrected chi connectivity index (χ0v) is 15.4. The topological polar surface area (TPSA) is 54.4 Å². The van der Waals surface area contributed by atoms with Gasteiger partial charge in [-0.15, -0.1) is 0 Å². The third-order valence-electron chi connectivity index (χ3n) is 4.46. The van der Waals surface area contributed by atoms with Gasteiger partial charge in [-0.05, 0) is 48.5 Å². The van der Waals surface area contributed by atoms with Crippen LogP contribution in [0.3, 0.4) is 0 Å². The van der Waals surface area contributed by atoms with Crippen LogP contribution in [-0.4, -0.2) is 17.1 Å². The number of halogens is 3. The molecule has 30 heavy (non-hydrogen) atoms. The summed E-state index contributed by atoms with van der Waals surface area (Å²) in [6.07, 6.45) is 0.910. The number of carbonyl (C=O) groups is 1. The van der Waals surface area contributed by atoms with Gasteiger partial charge in [0.15, 0.2) is 0 Å². The maximum atomic E-state index is 13.7. The van der Waals surface area contributed by atoms with Crippen LogP contribution in [0.2, 0.25) is 0 Å². The van der Waals surface area contributed by atoms with Gasteiger partial charge in [-0.25, -0.2) is 23.6 Å². The van der Waals surface area contributed by atoms with Crippen LogP contribution in [0.1, 0.15) is 15.9 Å². The van der Waals surface area contributed by atoms with Gasteiger partial charge in [-0.1, -0.05) is 24.3 Å². The summed E-state index contributed by atoms with van der Waals surface area (Å²) < 4.78 is 40.6. The first kappa shape index (κ1) is 19.3. The molecule has 0 atom stereocenters. The average Bonchev–Trinajstić information content (AvgIpc) is 2.75. The minimum atomic E-state index is -0.791. The summed E-state index contributed by atoms with van der Waals surface area (Å²) in [6, 6.07) is 17.7. The highest BCUT2D eigenvalue weighted by Crippen LogP contribution is 2.25. The van der Waals surface area contributed by atoms with Crippen LogP contribution < -0.4 is 5.43 Å². The van der Waals surface area contributed by atoms with Crippen molar-refractivity contribution < 1.29 is 18.0 Å². The molecule has 0 radical (unpaired) electrons. The molecule has 0 saturated heterocycles. The predicted molar refractivity (Wildman–Crippen MR) is 109 cm³/mol. The monoisotopic (exact) mass is 405 g/mol. The van der Waals surface area contributed by atoms with E-state index < -0.39 is 17.5 Å². The number of benzene rings is 3. The number of carbonyl (C=O) groups excluding carboxylic acids is 1. The van der Waals surface area contributed by atoms with Crippen molar-refractivity contribution >= 4 is 23.0 Å². The Labute approximate surface area is 169 Å². The molecule has 1 aromatic heterocycles. The van der Waals surface area contributed by atoms with Crippen molar-refractivity contribution in [2.75, 3.05) is 0 Å². The molecule has 0 saturated carbocycles. The van der Waals surface area contributed by atoms with Crippen LogP contribution in [0.25, 0.3) is 22.2 Å². The molecule has 0 spiro atoms. The molecule has 148 valence electrons. The van der Waals surface area contributed by atoms with Crippen molar-refractivity contribution in [1.29, 1.82) is 0 Å². The number of amides is 1. The van der Waals surface area contributed by atoms with Crippen LogP contribution >= 0.6 is 0 Å². The van der Waals surface area contributed by atoms with Crippen molar-refractivity contribution in [3.8, 4) is 11.3 Å². The number of pyridine rings is 1. The standard InChI is InChI=1S/C23H14F3N3O/c24-15-10-8-14(9-11-15)22-12-17(16-4-1-2-7-21(16)28-22)23(30)29-27-13-18-19(25)5-3-6-20(18)26/h1-13H,(H,29,30). The Kier molecular flexibility index (Phi) is 5.26. The molecule has 4 aromatic rings.